The average Bonchev–Trinajstić information content (AvgIpc) is 2.76. The molecule has 1 fully saturated rings. The first-order valence-corrected chi connectivity index (χ1v) is 6.90. The summed E-state index contributed by atoms with van der Waals surface area (Å²) in [5.74, 6) is 0.0305. The van der Waals surface area contributed by atoms with Crippen molar-refractivity contribution >= 4 is 0 Å². The quantitative estimate of drug-likeness (QED) is 0.830. The molecular formula is C14H21F3N2O. The highest BCUT2D eigenvalue weighted by Crippen LogP contribution is 2.33. The standard InChI is InChI=1S/C14H21F3N2O/c1-13(2,3)11-7-18-12(20-11)9-19-6-4-5-10(8-19)14(15,16)17/h7,10H,4-6,8-9H2,1-3H3. The minimum atomic E-state index is -4.11. The maximum Gasteiger partial charge on any atom is 0.393 e. The Kier molecular flexibility index (Phi) is 4.14. The van der Waals surface area contributed by atoms with Crippen molar-refractivity contribution in [2.45, 2.75) is 51.7 Å². The van der Waals surface area contributed by atoms with Crippen LogP contribution < -0.4 is 0 Å². The van der Waals surface area contributed by atoms with Crippen LogP contribution in [0, 0.1) is 5.92 Å². The summed E-state index contributed by atoms with van der Waals surface area (Å²) in [6, 6.07) is 0. The predicted octanol–water partition coefficient (Wildman–Crippen LogP) is 3.75. The lowest BCUT2D eigenvalue weighted by Gasteiger charge is -2.32. The fourth-order valence-corrected chi connectivity index (χ4v) is 2.39. The van der Waals surface area contributed by atoms with Gasteiger partial charge in [0.05, 0.1) is 18.7 Å². The van der Waals surface area contributed by atoms with E-state index in [2.05, 4.69) is 4.98 Å². The molecule has 1 aliphatic rings. The van der Waals surface area contributed by atoms with Crippen molar-refractivity contribution in [3.05, 3.63) is 17.8 Å². The summed E-state index contributed by atoms with van der Waals surface area (Å²) in [6.45, 7) is 7.09. The number of hydrogen-bond donors (Lipinski definition) is 0. The van der Waals surface area contributed by atoms with E-state index in [4.69, 9.17) is 4.42 Å². The number of hydrogen-bond acceptors (Lipinski definition) is 3. The molecule has 0 N–H and O–H groups in total. The Morgan fingerprint density at radius 2 is 2.05 bits per heavy atom. The van der Waals surface area contributed by atoms with Crippen LogP contribution in [-0.2, 0) is 12.0 Å². The second-order valence-electron chi connectivity index (χ2n) is 6.48. The summed E-state index contributed by atoms with van der Waals surface area (Å²) in [7, 11) is 0. The molecule has 1 atom stereocenters. The van der Waals surface area contributed by atoms with Gasteiger partial charge >= 0.3 is 6.18 Å². The number of likely N-dealkylation sites (tertiary alicyclic amines) is 1. The lowest BCUT2D eigenvalue weighted by Crippen LogP contribution is -2.41. The molecular weight excluding hydrogens is 269 g/mol. The topological polar surface area (TPSA) is 29.3 Å². The minimum Gasteiger partial charge on any atom is -0.444 e. The minimum absolute atomic E-state index is 0.0384. The van der Waals surface area contributed by atoms with Crippen LogP contribution in [0.3, 0.4) is 0 Å². The van der Waals surface area contributed by atoms with Gasteiger partial charge in [0, 0.05) is 12.0 Å². The van der Waals surface area contributed by atoms with Crippen molar-refractivity contribution in [2.24, 2.45) is 5.92 Å². The van der Waals surface area contributed by atoms with Gasteiger partial charge in [-0.25, -0.2) is 4.98 Å². The average molecular weight is 290 g/mol. The van der Waals surface area contributed by atoms with Crippen LogP contribution in [-0.4, -0.2) is 29.1 Å². The van der Waals surface area contributed by atoms with Crippen LogP contribution in [0.5, 0.6) is 0 Å². The molecule has 0 bridgehead atoms. The highest BCUT2D eigenvalue weighted by molar-refractivity contribution is 5.06. The van der Waals surface area contributed by atoms with Gasteiger partial charge in [-0.05, 0) is 19.4 Å². The fourth-order valence-electron chi connectivity index (χ4n) is 2.39. The number of nitrogens with zero attached hydrogens (tertiary/aromatic N) is 2. The van der Waals surface area contributed by atoms with Crippen molar-refractivity contribution in [3.8, 4) is 0 Å². The van der Waals surface area contributed by atoms with E-state index >= 15 is 0 Å². The third-order valence-corrected chi connectivity index (χ3v) is 3.62. The van der Waals surface area contributed by atoms with Gasteiger partial charge in [0.1, 0.15) is 5.76 Å². The molecule has 0 saturated carbocycles. The molecule has 0 spiro atoms. The monoisotopic (exact) mass is 290 g/mol. The Morgan fingerprint density at radius 1 is 1.35 bits per heavy atom. The molecule has 0 amide bonds. The maximum absolute atomic E-state index is 12.7. The summed E-state index contributed by atoms with van der Waals surface area (Å²) >= 11 is 0. The number of aromatic nitrogens is 1. The lowest BCUT2D eigenvalue weighted by atomic mass is 9.94. The second kappa shape index (κ2) is 5.39. The Hall–Kier alpha value is -1.04. The first kappa shape index (κ1) is 15.4. The van der Waals surface area contributed by atoms with Crippen molar-refractivity contribution in [1.29, 1.82) is 0 Å². The largest absolute Gasteiger partial charge is 0.444 e. The van der Waals surface area contributed by atoms with Crippen molar-refractivity contribution in [3.63, 3.8) is 0 Å². The van der Waals surface area contributed by atoms with Gasteiger partial charge < -0.3 is 4.42 Å². The predicted molar refractivity (Wildman–Crippen MR) is 69.3 cm³/mol. The molecule has 0 aliphatic carbocycles. The van der Waals surface area contributed by atoms with Gasteiger partial charge in [-0.15, -0.1) is 0 Å². The van der Waals surface area contributed by atoms with E-state index in [1.807, 2.05) is 20.8 Å². The Morgan fingerprint density at radius 3 is 2.60 bits per heavy atom. The van der Waals surface area contributed by atoms with Gasteiger partial charge in [0.15, 0.2) is 0 Å². The van der Waals surface area contributed by atoms with Crippen molar-refractivity contribution in [1.82, 2.24) is 9.88 Å². The van der Waals surface area contributed by atoms with E-state index < -0.39 is 12.1 Å². The van der Waals surface area contributed by atoms with Gasteiger partial charge in [-0.2, -0.15) is 13.2 Å². The first-order chi connectivity index (χ1) is 9.16. The highest BCUT2D eigenvalue weighted by atomic mass is 19.4. The lowest BCUT2D eigenvalue weighted by molar-refractivity contribution is -0.187. The first-order valence-electron chi connectivity index (χ1n) is 6.90. The van der Waals surface area contributed by atoms with E-state index in [0.717, 1.165) is 5.76 Å². The van der Waals surface area contributed by atoms with Crippen LogP contribution in [0.2, 0.25) is 0 Å². The molecule has 2 rings (SSSR count). The zero-order valence-electron chi connectivity index (χ0n) is 12.1. The molecule has 1 aromatic rings. The SMILES string of the molecule is CC(C)(C)c1cnc(CN2CCCC(C(F)(F)F)C2)o1. The number of oxazole rings is 1. The van der Waals surface area contributed by atoms with Crippen molar-refractivity contribution < 1.29 is 17.6 Å². The van der Waals surface area contributed by atoms with Gasteiger partial charge in [-0.1, -0.05) is 20.8 Å². The third-order valence-electron chi connectivity index (χ3n) is 3.62. The zero-order valence-corrected chi connectivity index (χ0v) is 12.1. The Balaban J connectivity index is 1.98. The molecule has 1 unspecified atom stereocenters. The number of rotatable bonds is 2. The summed E-state index contributed by atoms with van der Waals surface area (Å²) in [6.07, 6.45) is -1.65. The molecule has 6 heteroatoms. The highest BCUT2D eigenvalue weighted by Gasteiger charge is 2.41. The molecule has 2 heterocycles. The molecule has 0 aromatic carbocycles. The van der Waals surface area contributed by atoms with Gasteiger partial charge in [-0.3, -0.25) is 4.90 Å². The van der Waals surface area contributed by atoms with Crippen LogP contribution in [0.4, 0.5) is 13.2 Å². The summed E-state index contributed by atoms with van der Waals surface area (Å²) in [4.78, 5) is 5.95. The molecule has 1 saturated heterocycles. The second-order valence-corrected chi connectivity index (χ2v) is 6.48. The van der Waals surface area contributed by atoms with Crippen LogP contribution in [0.25, 0.3) is 0 Å². The fraction of sp³-hybridized carbons (Fsp3) is 0.786. The number of halogens is 3. The van der Waals surface area contributed by atoms with Crippen LogP contribution in [0.1, 0.15) is 45.3 Å². The van der Waals surface area contributed by atoms with Crippen LogP contribution >= 0.6 is 0 Å². The van der Waals surface area contributed by atoms with E-state index in [1.165, 1.54) is 0 Å². The maximum atomic E-state index is 12.7. The van der Waals surface area contributed by atoms with Gasteiger partial charge in [0.2, 0.25) is 5.89 Å². The third kappa shape index (κ3) is 3.75. The zero-order chi connectivity index (χ0) is 15.0. The molecule has 114 valence electrons. The van der Waals surface area contributed by atoms with Gasteiger partial charge in [0.25, 0.3) is 0 Å². The number of piperidine rings is 1. The molecule has 3 nitrogen and oxygen atoms in total. The van der Waals surface area contributed by atoms with E-state index in [9.17, 15) is 13.2 Å². The Bertz CT molecular complexity index is 448. The van der Waals surface area contributed by atoms with E-state index in [-0.39, 0.29) is 18.4 Å². The smallest absolute Gasteiger partial charge is 0.393 e. The Labute approximate surface area is 117 Å². The molecule has 20 heavy (non-hydrogen) atoms. The van der Waals surface area contributed by atoms with Crippen molar-refractivity contribution in [2.75, 3.05) is 13.1 Å². The van der Waals surface area contributed by atoms with Crippen LogP contribution in [0.15, 0.2) is 10.6 Å². The normalized spacial score (nSPS) is 22.2. The van der Waals surface area contributed by atoms with E-state index in [1.54, 1.807) is 11.1 Å². The molecule has 1 aliphatic heterocycles. The summed E-state index contributed by atoms with van der Waals surface area (Å²) < 4.78 is 43.9. The molecule has 1 aromatic heterocycles. The molecule has 0 radical (unpaired) electrons. The number of alkyl halides is 3. The summed E-state index contributed by atoms with van der Waals surface area (Å²) in [5, 5.41) is 0. The van der Waals surface area contributed by atoms with E-state index in [0.29, 0.717) is 25.4 Å². The summed E-state index contributed by atoms with van der Waals surface area (Å²) in [5.41, 5.74) is -0.137.